The van der Waals surface area contributed by atoms with Crippen LogP contribution in [0, 0.1) is 5.92 Å². The fraction of sp³-hybridized carbons (Fsp3) is 0.575. The van der Waals surface area contributed by atoms with E-state index in [0.29, 0.717) is 54.1 Å². The molecule has 6 rings (SSSR count). The maximum absolute atomic E-state index is 13.0. The van der Waals surface area contributed by atoms with Gasteiger partial charge in [0.15, 0.2) is 0 Å². The third kappa shape index (κ3) is 11.4. The van der Waals surface area contributed by atoms with Gasteiger partial charge in [-0.3, -0.25) is 19.3 Å². The van der Waals surface area contributed by atoms with E-state index in [9.17, 15) is 29.1 Å². The molecule has 4 aliphatic heterocycles. The Balaban J connectivity index is 0.000000234. The second kappa shape index (κ2) is 20.5. The van der Waals surface area contributed by atoms with Crippen molar-refractivity contribution in [2.75, 3.05) is 78.4 Å². The lowest BCUT2D eigenvalue weighted by atomic mass is 9.97. The van der Waals surface area contributed by atoms with Gasteiger partial charge in [0.1, 0.15) is 5.75 Å². The van der Waals surface area contributed by atoms with Crippen molar-refractivity contribution < 1.29 is 38.6 Å². The number of piperidine rings is 2. The summed E-state index contributed by atoms with van der Waals surface area (Å²) in [7, 11) is 2.73. The Bertz CT molecular complexity index is 1680. The molecular weight excluding hydrogens is 852 g/mol. The summed E-state index contributed by atoms with van der Waals surface area (Å²) in [6.07, 6.45) is 4.96. The molecule has 4 aliphatic rings. The highest BCUT2D eigenvalue weighted by atomic mass is 79.9. The molecule has 0 aromatic heterocycles. The van der Waals surface area contributed by atoms with E-state index in [4.69, 9.17) is 4.74 Å². The lowest BCUT2D eigenvalue weighted by molar-refractivity contribution is -0.144. The van der Waals surface area contributed by atoms with Crippen molar-refractivity contribution in [3.8, 4) is 5.75 Å². The molecule has 0 unspecified atom stereocenters. The van der Waals surface area contributed by atoms with Gasteiger partial charge >= 0.3 is 18.1 Å². The van der Waals surface area contributed by atoms with Crippen LogP contribution >= 0.6 is 31.9 Å². The van der Waals surface area contributed by atoms with Gasteiger partial charge in [-0.2, -0.15) is 0 Å². The highest BCUT2D eigenvalue weighted by Gasteiger charge is 2.33. The van der Waals surface area contributed by atoms with Crippen LogP contribution < -0.4 is 5.32 Å². The van der Waals surface area contributed by atoms with E-state index in [1.165, 1.54) is 19.8 Å². The molecule has 1 atom stereocenters. The maximum Gasteiger partial charge on any atom is 0.409 e. The van der Waals surface area contributed by atoms with Crippen LogP contribution in [0.5, 0.6) is 5.75 Å². The number of para-hydroxylation sites is 1. The lowest BCUT2D eigenvalue weighted by Crippen LogP contribution is -2.55. The standard InChI is InChI=1S/C24H33Br2N3O5.C16H21N3O3/c1-16(13-17-14-19(25)23(32)20(26)15-17)24(33)29-7-5-18(6-8-29)27-9-11-28(12-10-27)21(30)3-4-22(31)34-2;1-22-16(21)18-9-7-13(8-10-18)19-11-6-12-4-2-3-5-14(12)17-15(19)20/h14-16,18,32H,3-13H2,1-2H3;2-5,13H,6-11H2,1H3,(H,17,20)/t16-;/m1./s1. The number of urea groups is 1. The smallest absolute Gasteiger partial charge is 0.409 e. The molecule has 0 aliphatic carbocycles. The first-order valence-corrected chi connectivity index (χ1v) is 21.0. The van der Waals surface area contributed by atoms with E-state index < -0.39 is 0 Å². The number of hydrogen-bond donors (Lipinski definition) is 2. The summed E-state index contributed by atoms with van der Waals surface area (Å²) in [6, 6.07) is 12.2. The molecule has 0 spiro atoms. The summed E-state index contributed by atoms with van der Waals surface area (Å²) in [5.41, 5.74) is 3.07. The van der Waals surface area contributed by atoms with Crippen molar-refractivity contribution in [2.24, 2.45) is 5.92 Å². The predicted octanol–water partition coefficient (Wildman–Crippen LogP) is 5.49. The second-order valence-electron chi connectivity index (χ2n) is 14.8. The Morgan fingerprint density at radius 1 is 0.804 bits per heavy atom. The Hall–Kier alpha value is -3.89. The number of halogens is 2. The number of amides is 5. The van der Waals surface area contributed by atoms with E-state index in [0.717, 1.165) is 69.5 Å². The van der Waals surface area contributed by atoms with Crippen molar-refractivity contribution >= 4 is 67.5 Å². The first-order valence-electron chi connectivity index (χ1n) is 19.4. The number of rotatable bonds is 8. The number of nitrogens with zero attached hydrogens (tertiary/aromatic N) is 5. The van der Waals surface area contributed by atoms with Gasteiger partial charge in [0.05, 0.1) is 29.6 Å². The zero-order valence-electron chi connectivity index (χ0n) is 32.5. The largest absolute Gasteiger partial charge is 0.506 e. The Kier molecular flexibility index (Phi) is 15.8. The zero-order valence-corrected chi connectivity index (χ0v) is 35.7. The topological polar surface area (TPSA) is 152 Å². The van der Waals surface area contributed by atoms with Crippen molar-refractivity contribution in [1.82, 2.24) is 24.5 Å². The summed E-state index contributed by atoms with van der Waals surface area (Å²) in [6.45, 7) is 8.42. The number of piperazine rings is 1. The molecule has 0 bridgehead atoms. The molecule has 16 heteroatoms. The third-order valence-electron chi connectivity index (χ3n) is 11.3. The highest BCUT2D eigenvalue weighted by molar-refractivity contribution is 9.11. The van der Waals surface area contributed by atoms with Crippen LogP contribution in [0.15, 0.2) is 45.3 Å². The van der Waals surface area contributed by atoms with E-state index in [1.54, 1.807) is 4.90 Å². The summed E-state index contributed by atoms with van der Waals surface area (Å²) in [4.78, 5) is 70.4. The van der Waals surface area contributed by atoms with Crippen LogP contribution in [-0.2, 0) is 36.7 Å². The molecule has 5 amide bonds. The molecule has 56 heavy (non-hydrogen) atoms. The van der Waals surface area contributed by atoms with Crippen LogP contribution in [0.25, 0.3) is 0 Å². The van der Waals surface area contributed by atoms with Crippen LogP contribution in [0.1, 0.15) is 56.6 Å². The average Bonchev–Trinajstić information content (AvgIpc) is 3.39. The number of esters is 1. The second-order valence-corrected chi connectivity index (χ2v) is 16.5. The zero-order chi connectivity index (χ0) is 40.4. The van der Waals surface area contributed by atoms with E-state index in [-0.39, 0.29) is 60.5 Å². The number of ether oxygens (including phenoxy) is 2. The first-order chi connectivity index (χ1) is 26.9. The molecule has 2 aromatic rings. The minimum Gasteiger partial charge on any atom is -0.506 e. The fourth-order valence-corrected chi connectivity index (χ4v) is 9.25. The predicted molar refractivity (Wildman–Crippen MR) is 218 cm³/mol. The van der Waals surface area contributed by atoms with Gasteiger partial charge in [-0.15, -0.1) is 0 Å². The number of carbonyl (C=O) groups is 5. The van der Waals surface area contributed by atoms with E-state index >= 15 is 0 Å². The molecule has 2 aromatic carbocycles. The molecule has 2 N–H and O–H groups in total. The molecule has 0 saturated carbocycles. The van der Waals surface area contributed by atoms with Crippen LogP contribution in [0.4, 0.5) is 15.3 Å². The van der Waals surface area contributed by atoms with Gasteiger partial charge in [-0.25, -0.2) is 9.59 Å². The molecule has 3 fully saturated rings. The number of carbonyl (C=O) groups excluding carboxylic acids is 5. The van der Waals surface area contributed by atoms with E-state index in [2.05, 4.69) is 52.9 Å². The van der Waals surface area contributed by atoms with Gasteiger partial charge in [0.25, 0.3) is 0 Å². The minimum absolute atomic E-state index is 0.00661. The van der Waals surface area contributed by atoms with Crippen molar-refractivity contribution in [3.63, 3.8) is 0 Å². The first kappa shape index (κ1) is 43.2. The number of hydrogen-bond acceptors (Lipinski definition) is 9. The summed E-state index contributed by atoms with van der Waals surface area (Å²) >= 11 is 6.70. The SMILES string of the molecule is COC(=O)CCC(=O)N1CCN(C2CCN(C(=O)[C@H](C)Cc3cc(Br)c(O)c(Br)c3)CC2)CC1.COC(=O)N1CCC(N2CCc3ccccc3NC2=O)CC1. The number of fused-ring (bicyclic) bond motifs is 1. The highest BCUT2D eigenvalue weighted by Crippen LogP contribution is 2.34. The number of anilines is 1. The Morgan fingerprint density at radius 2 is 1.41 bits per heavy atom. The number of likely N-dealkylation sites (tertiary alicyclic amines) is 2. The van der Waals surface area contributed by atoms with Crippen molar-refractivity contribution in [2.45, 2.75) is 70.4 Å². The summed E-state index contributed by atoms with van der Waals surface area (Å²) in [5.74, 6) is -0.158. The summed E-state index contributed by atoms with van der Waals surface area (Å²) < 4.78 is 10.6. The van der Waals surface area contributed by atoms with Gasteiger partial charge in [0.2, 0.25) is 11.8 Å². The van der Waals surface area contributed by atoms with Crippen molar-refractivity contribution in [3.05, 3.63) is 56.5 Å². The molecule has 306 valence electrons. The molecule has 3 saturated heterocycles. The minimum atomic E-state index is -0.355. The Morgan fingerprint density at radius 3 is 2.04 bits per heavy atom. The number of phenolic OH excluding ortho intramolecular Hbond substituents is 1. The van der Waals surface area contributed by atoms with E-state index in [1.807, 2.05) is 52.0 Å². The number of nitrogens with one attached hydrogen (secondary N) is 1. The van der Waals surface area contributed by atoms with Gasteiger partial charge in [-0.05, 0) is 99.7 Å². The van der Waals surface area contributed by atoms with Crippen LogP contribution in [0.2, 0.25) is 0 Å². The average molecular weight is 907 g/mol. The number of phenols is 1. The number of methoxy groups -OCH3 is 2. The normalized spacial score (nSPS) is 18.8. The van der Waals surface area contributed by atoms with Crippen LogP contribution in [-0.4, -0.2) is 145 Å². The molecule has 14 nitrogen and oxygen atoms in total. The molecule has 0 radical (unpaired) electrons. The van der Waals surface area contributed by atoms with Crippen LogP contribution in [0.3, 0.4) is 0 Å². The third-order valence-corrected chi connectivity index (χ3v) is 12.5. The maximum atomic E-state index is 13.0. The number of benzene rings is 2. The lowest BCUT2D eigenvalue weighted by Gasteiger charge is -2.43. The number of aromatic hydroxyl groups is 1. The molecule has 4 heterocycles. The van der Waals surface area contributed by atoms with Gasteiger partial charge < -0.3 is 39.5 Å². The quantitative estimate of drug-likeness (QED) is 0.328. The fourth-order valence-electron chi connectivity index (χ4n) is 7.97. The molecular formula is C40H54Br2N6O8. The van der Waals surface area contributed by atoms with Crippen molar-refractivity contribution in [1.29, 1.82) is 0 Å². The summed E-state index contributed by atoms with van der Waals surface area (Å²) in [5, 5.41) is 12.9. The monoisotopic (exact) mass is 904 g/mol. The Labute approximate surface area is 346 Å². The van der Waals surface area contributed by atoms with Gasteiger partial charge in [0, 0.05) is 89.0 Å². The van der Waals surface area contributed by atoms with Gasteiger partial charge in [-0.1, -0.05) is 25.1 Å².